The van der Waals surface area contributed by atoms with Gasteiger partial charge in [-0.3, -0.25) is 4.99 Å². The van der Waals surface area contributed by atoms with E-state index in [4.69, 9.17) is 14.2 Å². The van der Waals surface area contributed by atoms with Crippen molar-refractivity contribution in [1.82, 2.24) is 15.1 Å². The van der Waals surface area contributed by atoms with Crippen LogP contribution in [0.3, 0.4) is 0 Å². The Bertz CT molecular complexity index is 744. The monoisotopic (exact) mass is 390 g/mol. The second-order valence-electron chi connectivity index (χ2n) is 7.98. The second-order valence-corrected chi connectivity index (χ2v) is 7.98. The van der Waals surface area contributed by atoms with Gasteiger partial charge in [-0.2, -0.15) is 0 Å². The molecule has 8 nitrogen and oxygen atoms in total. The number of nitrogens with zero attached hydrogens (tertiary/aromatic N) is 3. The first kappa shape index (κ1) is 20.1. The van der Waals surface area contributed by atoms with Crippen LogP contribution in [0.25, 0.3) is 0 Å². The van der Waals surface area contributed by atoms with Crippen LogP contribution in [-0.4, -0.2) is 73.9 Å². The summed E-state index contributed by atoms with van der Waals surface area (Å²) in [6.45, 7) is 8.96. The van der Waals surface area contributed by atoms with Gasteiger partial charge in [0.2, 0.25) is 0 Å². The van der Waals surface area contributed by atoms with E-state index in [2.05, 4.69) is 15.2 Å². The Kier molecular flexibility index (Phi) is 5.86. The summed E-state index contributed by atoms with van der Waals surface area (Å²) in [5.74, 6) is 2.30. The van der Waals surface area contributed by atoms with E-state index in [0.29, 0.717) is 37.7 Å². The van der Waals surface area contributed by atoms with Crippen molar-refractivity contribution in [3.63, 3.8) is 0 Å². The van der Waals surface area contributed by atoms with Crippen molar-refractivity contribution in [2.45, 2.75) is 39.0 Å². The Morgan fingerprint density at radius 1 is 1.21 bits per heavy atom. The van der Waals surface area contributed by atoms with E-state index in [1.54, 1.807) is 19.1 Å². The van der Waals surface area contributed by atoms with Crippen LogP contribution in [0, 0.1) is 0 Å². The summed E-state index contributed by atoms with van der Waals surface area (Å²) in [6.07, 6.45) is -0.251. The maximum Gasteiger partial charge on any atom is 0.410 e. The summed E-state index contributed by atoms with van der Waals surface area (Å²) < 4.78 is 16.1. The zero-order valence-electron chi connectivity index (χ0n) is 17.3. The highest BCUT2D eigenvalue weighted by Gasteiger charge is 2.36. The molecule has 0 aromatic heterocycles. The number of hydrogen-bond donors (Lipinski definition) is 1. The van der Waals surface area contributed by atoms with Crippen molar-refractivity contribution in [2.24, 2.45) is 4.99 Å². The molecule has 0 aliphatic carbocycles. The van der Waals surface area contributed by atoms with Gasteiger partial charge in [-0.1, -0.05) is 6.07 Å². The number of aliphatic imine (C=N–C) groups is 1. The molecule has 1 unspecified atom stereocenters. The highest BCUT2D eigenvalue weighted by molar-refractivity contribution is 5.82. The van der Waals surface area contributed by atoms with Gasteiger partial charge in [0.25, 0.3) is 0 Å². The number of amides is 1. The van der Waals surface area contributed by atoms with Crippen LogP contribution >= 0.6 is 0 Å². The van der Waals surface area contributed by atoms with Crippen LogP contribution < -0.4 is 14.8 Å². The molecule has 0 spiro atoms. The average molecular weight is 390 g/mol. The third-order valence-corrected chi connectivity index (χ3v) is 4.76. The van der Waals surface area contributed by atoms with E-state index < -0.39 is 5.60 Å². The molecule has 154 valence electrons. The SMILES string of the molecule is COc1ccc(CNC2=NCC3CN(C(=O)OC(C)(C)C)CCN23)cc1OC. The van der Waals surface area contributed by atoms with Gasteiger partial charge in [0.15, 0.2) is 17.5 Å². The number of guanidine groups is 1. The van der Waals surface area contributed by atoms with Gasteiger partial charge in [-0.15, -0.1) is 0 Å². The number of benzene rings is 1. The fraction of sp³-hybridized carbons (Fsp3) is 0.600. The van der Waals surface area contributed by atoms with E-state index in [9.17, 15) is 4.79 Å². The minimum atomic E-state index is -0.480. The molecule has 3 rings (SSSR count). The first-order valence-electron chi connectivity index (χ1n) is 9.54. The van der Waals surface area contributed by atoms with Crippen LogP contribution in [0.15, 0.2) is 23.2 Å². The van der Waals surface area contributed by atoms with E-state index in [0.717, 1.165) is 18.1 Å². The molecule has 1 aromatic carbocycles. The summed E-state index contributed by atoms with van der Waals surface area (Å²) in [4.78, 5) is 21.0. The zero-order chi connectivity index (χ0) is 20.3. The molecule has 2 aliphatic heterocycles. The van der Waals surface area contributed by atoms with Gasteiger partial charge in [-0.25, -0.2) is 4.79 Å². The van der Waals surface area contributed by atoms with Crippen molar-refractivity contribution >= 4 is 12.1 Å². The number of nitrogens with one attached hydrogen (secondary N) is 1. The van der Waals surface area contributed by atoms with E-state index in [-0.39, 0.29) is 12.1 Å². The molecular weight excluding hydrogens is 360 g/mol. The number of piperazine rings is 1. The first-order chi connectivity index (χ1) is 13.3. The molecule has 0 saturated carbocycles. The van der Waals surface area contributed by atoms with Crippen LogP contribution in [0.4, 0.5) is 4.79 Å². The van der Waals surface area contributed by atoms with Crippen LogP contribution in [0.5, 0.6) is 11.5 Å². The van der Waals surface area contributed by atoms with Gasteiger partial charge in [0.1, 0.15) is 5.60 Å². The van der Waals surface area contributed by atoms with Crippen molar-refractivity contribution in [1.29, 1.82) is 0 Å². The van der Waals surface area contributed by atoms with Crippen molar-refractivity contribution in [3.8, 4) is 11.5 Å². The minimum absolute atomic E-state index is 0.189. The highest BCUT2D eigenvalue weighted by atomic mass is 16.6. The van der Waals surface area contributed by atoms with Gasteiger partial charge >= 0.3 is 6.09 Å². The number of hydrogen-bond acceptors (Lipinski definition) is 7. The summed E-state index contributed by atoms with van der Waals surface area (Å²) in [7, 11) is 3.25. The third-order valence-electron chi connectivity index (χ3n) is 4.76. The molecule has 2 heterocycles. The largest absolute Gasteiger partial charge is 0.493 e. The molecular formula is C20H30N4O4. The molecule has 1 saturated heterocycles. The van der Waals surface area contributed by atoms with E-state index >= 15 is 0 Å². The predicted molar refractivity (Wildman–Crippen MR) is 107 cm³/mol. The van der Waals surface area contributed by atoms with Crippen LogP contribution in [0.2, 0.25) is 0 Å². The lowest BCUT2D eigenvalue weighted by Gasteiger charge is -2.39. The smallest absolute Gasteiger partial charge is 0.410 e. The molecule has 1 aromatic rings. The second kappa shape index (κ2) is 8.16. The lowest BCUT2D eigenvalue weighted by molar-refractivity contribution is 0.0137. The quantitative estimate of drug-likeness (QED) is 0.848. The molecule has 1 N–H and O–H groups in total. The molecule has 2 aliphatic rings. The van der Waals surface area contributed by atoms with Gasteiger partial charge in [0.05, 0.1) is 26.8 Å². The molecule has 0 bridgehead atoms. The average Bonchev–Trinajstić information content (AvgIpc) is 3.07. The number of carbonyl (C=O) groups excluding carboxylic acids is 1. The van der Waals surface area contributed by atoms with Crippen molar-refractivity contribution in [2.75, 3.05) is 40.4 Å². The van der Waals surface area contributed by atoms with Crippen molar-refractivity contribution < 1.29 is 19.0 Å². The van der Waals surface area contributed by atoms with Crippen molar-refractivity contribution in [3.05, 3.63) is 23.8 Å². The molecule has 8 heteroatoms. The summed E-state index contributed by atoms with van der Waals surface area (Å²) in [5.41, 5.74) is 0.600. The fourth-order valence-electron chi connectivity index (χ4n) is 3.39. The summed E-state index contributed by atoms with van der Waals surface area (Å²) >= 11 is 0. The Hall–Kier alpha value is -2.64. The fourth-order valence-corrected chi connectivity index (χ4v) is 3.39. The first-order valence-corrected chi connectivity index (χ1v) is 9.54. The highest BCUT2D eigenvalue weighted by Crippen LogP contribution is 2.27. The summed E-state index contributed by atoms with van der Waals surface area (Å²) in [6, 6.07) is 6.05. The Morgan fingerprint density at radius 2 is 1.96 bits per heavy atom. The Labute approximate surface area is 166 Å². The van der Waals surface area contributed by atoms with E-state index in [1.807, 2.05) is 39.0 Å². The minimum Gasteiger partial charge on any atom is -0.493 e. The molecule has 28 heavy (non-hydrogen) atoms. The normalized spacial score (nSPS) is 19.0. The third kappa shape index (κ3) is 4.61. The maximum atomic E-state index is 12.3. The van der Waals surface area contributed by atoms with Gasteiger partial charge < -0.3 is 29.3 Å². The number of rotatable bonds is 4. The number of ether oxygens (including phenoxy) is 3. The van der Waals surface area contributed by atoms with Crippen LogP contribution in [-0.2, 0) is 11.3 Å². The Balaban J connectivity index is 1.54. The van der Waals surface area contributed by atoms with Crippen LogP contribution in [0.1, 0.15) is 26.3 Å². The van der Waals surface area contributed by atoms with Gasteiger partial charge in [-0.05, 0) is 38.5 Å². The standard InChI is InChI=1S/C20H30N4O4/c1-20(2,3)28-19(25)23-8-9-24-15(13-23)12-22-18(24)21-11-14-6-7-16(26-4)17(10-14)27-5/h6-7,10,15H,8-9,11-13H2,1-5H3,(H,21,22). The number of fused-ring (bicyclic) bond motifs is 1. The zero-order valence-corrected chi connectivity index (χ0v) is 17.3. The molecule has 1 amide bonds. The lowest BCUT2D eigenvalue weighted by atomic mass is 10.2. The molecule has 0 radical (unpaired) electrons. The predicted octanol–water partition coefficient (Wildman–Crippen LogP) is 2.08. The Morgan fingerprint density at radius 3 is 2.64 bits per heavy atom. The van der Waals surface area contributed by atoms with E-state index in [1.165, 1.54) is 0 Å². The number of methoxy groups -OCH3 is 2. The lowest BCUT2D eigenvalue weighted by Crippen LogP contribution is -2.57. The van der Waals surface area contributed by atoms with Gasteiger partial charge in [0, 0.05) is 26.2 Å². The molecule has 1 atom stereocenters. The molecule has 1 fully saturated rings. The maximum absolute atomic E-state index is 12.3. The summed E-state index contributed by atoms with van der Waals surface area (Å²) in [5, 5.41) is 3.41. The topological polar surface area (TPSA) is 75.6 Å². The number of carbonyl (C=O) groups is 1.